The maximum atomic E-state index is 3.24. The summed E-state index contributed by atoms with van der Waals surface area (Å²) in [5, 5.41) is 5.01. The molecule has 0 aromatic heterocycles. The molecule has 0 spiro atoms. The number of hydrogen-bond acceptors (Lipinski definition) is 0. The summed E-state index contributed by atoms with van der Waals surface area (Å²) in [6.07, 6.45) is 0. The molecule has 0 nitrogen and oxygen atoms in total. The molecule has 0 heterocycles. The second-order valence-electron chi connectivity index (χ2n) is 3.46. The van der Waals surface area contributed by atoms with Crippen molar-refractivity contribution >= 4 is 21.5 Å². The Hall–Kier alpha value is -0.482. The van der Waals surface area contributed by atoms with E-state index in [1.807, 2.05) is 12.1 Å². The van der Waals surface area contributed by atoms with Gasteiger partial charge in [0.05, 0.1) is 0 Å². The van der Waals surface area contributed by atoms with Gasteiger partial charge in [0.15, 0.2) is 0 Å². The van der Waals surface area contributed by atoms with Gasteiger partial charge in [0, 0.05) is 40.4 Å². The Bertz CT molecular complexity index is 494. The largest absolute Gasteiger partial charge is 0.147 e. The number of hydrogen-bond donors (Lipinski definition) is 0. The van der Waals surface area contributed by atoms with E-state index < -0.39 is 0 Å². The zero-order valence-corrected chi connectivity index (χ0v) is 10.7. The fourth-order valence-corrected chi connectivity index (χ4v) is 1.81. The van der Waals surface area contributed by atoms with Crippen molar-refractivity contribution < 1.29 is 40.4 Å². The molecular formula is C14H9Sm-. The summed E-state index contributed by atoms with van der Waals surface area (Å²) in [6, 6.07) is 22.2. The van der Waals surface area contributed by atoms with Crippen LogP contribution in [0.3, 0.4) is 0 Å². The third kappa shape index (κ3) is 2.06. The SMILES string of the molecule is [Sm].[c-]1cccc2cc3ccccc3cc12. The Morgan fingerprint density at radius 2 is 1.40 bits per heavy atom. The number of rotatable bonds is 0. The van der Waals surface area contributed by atoms with Crippen molar-refractivity contribution in [3.8, 4) is 0 Å². The molecule has 0 bridgehead atoms. The van der Waals surface area contributed by atoms with Gasteiger partial charge in [0.25, 0.3) is 0 Å². The second-order valence-corrected chi connectivity index (χ2v) is 3.46. The van der Waals surface area contributed by atoms with Crippen LogP contribution in [0.2, 0.25) is 0 Å². The van der Waals surface area contributed by atoms with Gasteiger partial charge in [-0.2, -0.15) is 0 Å². The molecule has 0 aliphatic rings. The number of benzene rings is 3. The molecule has 3 rings (SSSR count). The Morgan fingerprint density at radius 3 is 2.20 bits per heavy atom. The minimum absolute atomic E-state index is 0. The summed E-state index contributed by atoms with van der Waals surface area (Å²) in [5.74, 6) is 0. The van der Waals surface area contributed by atoms with Gasteiger partial charge >= 0.3 is 0 Å². The molecule has 0 saturated heterocycles. The molecule has 0 N–H and O–H groups in total. The van der Waals surface area contributed by atoms with E-state index in [0.29, 0.717) is 0 Å². The van der Waals surface area contributed by atoms with Crippen LogP contribution in [0.4, 0.5) is 0 Å². The molecule has 0 atom stereocenters. The molecule has 0 radical (unpaired) electrons. The van der Waals surface area contributed by atoms with E-state index in [1.165, 1.54) is 21.5 Å². The van der Waals surface area contributed by atoms with Crippen LogP contribution in [0.1, 0.15) is 0 Å². The average Bonchev–Trinajstić information content (AvgIpc) is 2.26. The molecule has 0 unspecified atom stereocenters. The maximum Gasteiger partial charge on any atom is 0 e. The second kappa shape index (κ2) is 4.57. The van der Waals surface area contributed by atoms with Crippen molar-refractivity contribution in [3.05, 3.63) is 60.7 Å². The molecule has 3 aromatic rings. The minimum atomic E-state index is 0. The molecule has 0 aliphatic carbocycles. The molecule has 0 saturated carbocycles. The third-order valence-corrected chi connectivity index (χ3v) is 2.53. The van der Waals surface area contributed by atoms with Crippen LogP contribution in [-0.2, 0) is 0 Å². The standard InChI is InChI=1S/C14H9.Sm/c1-2-6-12-10-14-8-4-3-7-13(14)9-11(12)5-1;/h1-7,9-10H;/q-1;. The summed E-state index contributed by atoms with van der Waals surface area (Å²) in [4.78, 5) is 0. The summed E-state index contributed by atoms with van der Waals surface area (Å²) in [7, 11) is 0. The predicted molar refractivity (Wildman–Crippen MR) is 60.3 cm³/mol. The van der Waals surface area contributed by atoms with E-state index in [0.717, 1.165) is 0 Å². The van der Waals surface area contributed by atoms with Crippen LogP contribution < -0.4 is 0 Å². The Balaban J connectivity index is 0.000000853. The monoisotopic (exact) mass is 329 g/mol. The van der Waals surface area contributed by atoms with Crippen LogP contribution >= 0.6 is 0 Å². The van der Waals surface area contributed by atoms with Crippen molar-refractivity contribution in [3.63, 3.8) is 0 Å². The summed E-state index contributed by atoms with van der Waals surface area (Å²) in [5.41, 5.74) is 0. The Labute approximate surface area is 121 Å². The first-order chi connectivity index (χ1) is 6.93. The van der Waals surface area contributed by atoms with Crippen molar-refractivity contribution in [2.45, 2.75) is 0 Å². The van der Waals surface area contributed by atoms with Gasteiger partial charge < -0.3 is 0 Å². The van der Waals surface area contributed by atoms with Crippen LogP contribution in [0.5, 0.6) is 0 Å². The van der Waals surface area contributed by atoms with Crippen molar-refractivity contribution in [2.24, 2.45) is 0 Å². The normalized spacial score (nSPS) is 10.1. The molecule has 1 heteroatoms. The van der Waals surface area contributed by atoms with Crippen molar-refractivity contribution in [2.75, 3.05) is 0 Å². The van der Waals surface area contributed by atoms with Gasteiger partial charge in [0.1, 0.15) is 0 Å². The quantitative estimate of drug-likeness (QED) is 0.435. The summed E-state index contributed by atoms with van der Waals surface area (Å²) >= 11 is 0. The van der Waals surface area contributed by atoms with E-state index in [2.05, 4.69) is 48.5 Å². The van der Waals surface area contributed by atoms with E-state index in [9.17, 15) is 0 Å². The molecule has 0 fully saturated rings. The first-order valence-corrected chi connectivity index (χ1v) is 4.73. The molecule has 15 heavy (non-hydrogen) atoms. The zero-order valence-electron chi connectivity index (χ0n) is 8.10. The topological polar surface area (TPSA) is 0 Å². The summed E-state index contributed by atoms with van der Waals surface area (Å²) in [6.45, 7) is 0. The van der Waals surface area contributed by atoms with Crippen molar-refractivity contribution in [1.29, 1.82) is 0 Å². The Kier molecular flexibility index (Phi) is 3.36. The van der Waals surface area contributed by atoms with E-state index >= 15 is 0 Å². The average molecular weight is 328 g/mol. The van der Waals surface area contributed by atoms with Gasteiger partial charge in [-0.3, -0.25) is 0 Å². The van der Waals surface area contributed by atoms with Gasteiger partial charge in [-0.1, -0.05) is 35.7 Å². The van der Waals surface area contributed by atoms with Gasteiger partial charge in [-0.25, -0.2) is 0 Å². The third-order valence-electron chi connectivity index (χ3n) is 2.53. The van der Waals surface area contributed by atoms with E-state index in [-0.39, 0.29) is 40.4 Å². The zero-order chi connectivity index (χ0) is 9.38. The number of fused-ring (bicyclic) bond motifs is 2. The molecular weight excluding hydrogens is 319 g/mol. The van der Waals surface area contributed by atoms with Crippen LogP contribution in [-0.4, -0.2) is 0 Å². The Morgan fingerprint density at radius 1 is 0.733 bits per heavy atom. The van der Waals surface area contributed by atoms with Gasteiger partial charge in [0.2, 0.25) is 0 Å². The van der Waals surface area contributed by atoms with Crippen molar-refractivity contribution in [1.82, 2.24) is 0 Å². The first-order valence-electron chi connectivity index (χ1n) is 4.73. The van der Waals surface area contributed by atoms with Crippen LogP contribution in [0, 0.1) is 46.5 Å². The van der Waals surface area contributed by atoms with E-state index in [1.54, 1.807) is 0 Å². The molecule has 3 aromatic carbocycles. The fraction of sp³-hybridized carbons (Fsp3) is 0. The molecule has 0 amide bonds. The van der Waals surface area contributed by atoms with Gasteiger partial charge in [-0.15, -0.1) is 41.1 Å². The molecule has 72 valence electrons. The van der Waals surface area contributed by atoms with Crippen LogP contribution in [0.25, 0.3) is 21.5 Å². The molecule has 0 aliphatic heterocycles. The maximum absolute atomic E-state index is 3.24. The fourth-order valence-electron chi connectivity index (χ4n) is 1.81. The van der Waals surface area contributed by atoms with E-state index in [4.69, 9.17) is 0 Å². The predicted octanol–water partition coefficient (Wildman–Crippen LogP) is 3.79. The van der Waals surface area contributed by atoms with Crippen LogP contribution in [0.15, 0.2) is 54.6 Å². The first kappa shape index (κ1) is 11.0. The van der Waals surface area contributed by atoms with Gasteiger partial charge in [-0.05, 0) is 5.39 Å². The smallest absolute Gasteiger partial charge is 0 e. The minimum Gasteiger partial charge on any atom is -0.147 e. The summed E-state index contributed by atoms with van der Waals surface area (Å²) < 4.78 is 0.